The Morgan fingerprint density at radius 3 is 3.05 bits per heavy atom. The lowest BCUT2D eigenvalue weighted by Gasteiger charge is -2.33. The van der Waals surface area contributed by atoms with Gasteiger partial charge in [0.1, 0.15) is 5.82 Å². The molecule has 2 atom stereocenters. The number of rotatable bonds is 2. The van der Waals surface area contributed by atoms with Crippen LogP contribution in [0.3, 0.4) is 0 Å². The predicted octanol–water partition coefficient (Wildman–Crippen LogP) is 2.02. The molecule has 1 fully saturated rings. The average molecular weight is 306 g/mol. The zero-order chi connectivity index (χ0) is 15.7. The molecule has 1 N–H and O–H groups in total. The summed E-state index contributed by atoms with van der Waals surface area (Å²) in [5, 5.41) is 3.59. The summed E-state index contributed by atoms with van der Waals surface area (Å²) in [5.41, 5.74) is 2.36. The van der Waals surface area contributed by atoms with Crippen LogP contribution in [0.5, 0.6) is 0 Å². The quantitative estimate of drug-likeness (QED) is 0.908. The number of amides is 1. The number of carbonyl (C=O) groups is 1. The van der Waals surface area contributed by atoms with Gasteiger partial charge in [-0.2, -0.15) is 0 Å². The van der Waals surface area contributed by atoms with Crippen LogP contribution in [-0.4, -0.2) is 46.8 Å². The molecule has 3 heterocycles. The number of fused-ring (bicyclic) bond motifs is 1. The zero-order valence-electron chi connectivity index (χ0n) is 13.8. The molecule has 1 amide bonds. The van der Waals surface area contributed by atoms with Crippen molar-refractivity contribution in [2.75, 3.05) is 20.2 Å². The van der Waals surface area contributed by atoms with Crippen molar-refractivity contribution in [2.24, 2.45) is 0 Å². The molecule has 2 aliphatic rings. The third kappa shape index (κ3) is 2.72. The van der Waals surface area contributed by atoms with Crippen molar-refractivity contribution in [3.63, 3.8) is 0 Å². The number of hydrogen-bond donors (Lipinski definition) is 1. The van der Waals surface area contributed by atoms with Crippen LogP contribution < -0.4 is 5.32 Å². The van der Waals surface area contributed by atoms with Gasteiger partial charge in [0, 0.05) is 30.7 Å². The van der Waals surface area contributed by atoms with Gasteiger partial charge in [-0.05, 0) is 32.7 Å². The van der Waals surface area contributed by atoms with E-state index in [1.54, 1.807) is 4.90 Å². The van der Waals surface area contributed by atoms with Gasteiger partial charge in [0.15, 0.2) is 0 Å². The molecule has 0 aliphatic carbocycles. The highest BCUT2D eigenvalue weighted by molar-refractivity contribution is 5.67. The van der Waals surface area contributed by atoms with Crippen molar-refractivity contribution in [3.05, 3.63) is 17.2 Å². The largest absolute Gasteiger partial charge is 0.453 e. The molecule has 6 heteroatoms. The molecule has 6 nitrogen and oxygen atoms in total. The van der Waals surface area contributed by atoms with Gasteiger partial charge in [0.05, 0.1) is 19.3 Å². The highest BCUT2D eigenvalue weighted by atomic mass is 16.5. The van der Waals surface area contributed by atoms with Crippen molar-refractivity contribution in [3.8, 4) is 0 Å². The van der Waals surface area contributed by atoms with Crippen LogP contribution in [0.25, 0.3) is 0 Å². The monoisotopic (exact) mass is 306 g/mol. The summed E-state index contributed by atoms with van der Waals surface area (Å²) in [7, 11) is 1.43. The molecule has 0 aromatic carbocycles. The van der Waals surface area contributed by atoms with Crippen molar-refractivity contribution in [2.45, 2.75) is 58.2 Å². The van der Waals surface area contributed by atoms with E-state index in [1.807, 2.05) is 0 Å². The van der Waals surface area contributed by atoms with E-state index in [0.29, 0.717) is 25.2 Å². The second kappa shape index (κ2) is 6.28. The lowest BCUT2D eigenvalue weighted by molar-refractivity contribution is 0.117. The van der Waals surface area contributed by atoms with E-state index in [1.165, 1.54) is 25.6 Å². The number of nitrogens with one attached hydrogen (secondary N) is 1. The maximum absolute atomic E-state index is 11.7. The highest BCUT2D eigenvalue weighted by Gasteiger charge is 2.30. The molecular formula is C16H26N4O2. The first-order valence-corrected chi connectivity index (χ1v) is 8.26. The Kier molecular flexibility index (Phi) is 4.38. The zero-order valence-corrected chi connectivity index (χ0v) is 13.8. The van der Waals surface area contributed by atoms with E-state index in [-0.39, 0.29) is 6.09 Å². The number of ether oxygens (including phenoxy) is 1. The lowest BCUT2D eigenvalue weighted by atomic mass is 9.96. The van der Waals surface area contributed by atoms with Crippen molar-refractivity contribution in [1.82, 2.24) is 19.8 Å². The normalized spacial score (nSPS) is 25.0. The van der Waals surface area contributed by atoms with E-state index in [4.69, 9.17) is 9.72 Å². The standard InChI is InChI=1S/C16H26N4O2/c1-4-12-9-13(5-7-17-12)20-11(2)18-14-10-19(16(21)22-3)8-6-15(14)20/h12-13,17H,4-10H2,1-3H3. The minimum Gasteiger partial charge on any atom is -0.453 e. The summed E-state index contributed by atoms with van der Waals surface area (Å²) in [6, 6.07) is 1.14. The molecule has 1 aromatic rings. The van der Waals surface area contributed by atoms with Crippen LogP contribution >= 0.6 is 0 Å². The number of hydrogen-bond acceptors (Lipinski definition) is 4. The van der Waals surface area contributed by atoms with Gasteiger partial charge in [-0.25, -0.2) is 9.78 Å². The van der Waals surface area contributed by atoms with Gasteiger partial charge in [-0.15, -0.1) is 0 Å². The molecule has 3 rings (SSSR count). The summed E-state index contributed by atoms with van der Waals surface area (Å²) in [6.07, 6.45) is 4.10. The van der Waals surface area contributed by atoms with Gasteiger partial charge in [-0.3, -0.25) is 0 Å². The summed E-state index contributed by atoms with van der Waals surface area (Å²) in [5.74, 6) is 1.08. The fourth-order valence-corrected chi connectivity index (χ4v) is 3.84. The number of aryl methyl sites for hydroxylation is 1. The van der Waals surface area contributed by atoms with Crippen molar-refractivity contribution >= 4 is 6.09 Å². The summed E-state index contributed by atoms with van der Waals surface area (Å²) >= 11 is 0. The lowest BCUT2D eigenvalue weighted by Crippen LogP contribution is -2.40. The first kappa shape index (κ1) is 15.3. The highest BCUT2D eigenvalue weighted by Crippen LogP contribution is 2.30. The smallest absolute Gasteiger partial charge is 0.409 e. The van der Waals surface area contributed by atoms with E-state index in [9.17, 15) is 4.79 Å². The Balaban J connectivity index is 1.83. The maximum Gasteiger partial charge on any atom is 0.409 e. The Morgan fingerprint density at radius 1 is 1.50 bits per heavy atom. The fraction of sp³-hybridized carbons (Fsp3) is 0.750. The number of methoxy groups -OCH3 is 1. The van der Waals surface area contributed by atoms with Crippen LogP contribution in [0.15, 0.2) is 0 Å². The minimum atomic E-state index is -0.259. The molecule has 0 saturated carbocycles. The van der Waals surface area contributed by atoms with Gasteiger partial charge < -0.3 is 19.5 Å². The first-order chi connectivity index (χ1) is 10.6. The third-order valence-corrected chi connectivity index (χ3v) is 4.99. The maximum atomic E-state index is 11.7. The second-order valence-corrected chi connectivity index (χ2v) is 6.30. The number of imidazole rings is 1. The van der Waals surface area contributed by atoms with Crippen LogP contribution in [0.4, 0.5) is 4.79 Å². The topological polar surface area (TPSA) is 59.4 Å². The van der Waals surface area contributed by atoms with Gasteiger partial charge >= 0.3 is 6.09 Å². The minimum absolute atomic E-state index is 0.259. The molecule has 1 aromatic heterocycles. The first-order valence-electron chi connectivity index (χ1n) is 8.26. The van der Waals surface area contributed by atoms with E-state index in [0.717, 1.165) is 30.9 Å². The SMILES string of the molecule is CCC1CC(n2c(C)nc3c2CCN(C(=O)OC)C3)CCN1. The fourth-order valence-electron chi connectivity index (χ4n) is 3.84. The van der Waals surface area contributed by atoms with E-state index < -0.39 is 0 Å². The molecule has 22 heavy (non-hydrogen) atoms. The van der Waals surface area contributed by atoms with Crippen LogP contribution in [0, 0.1) is 6.92 Å². The molecule has 2 aliphatic heterocycles. The Labute approximate surface area is 131 Å². The van der Waals surface area contributed by atoms with Gasteiger partial charge in [0.25, 0.3) is 0 Å². The van der Waals surface area contributed by atoms with Crippen LogP contribution in [0.1, 0.15) is 49.4 Å². The molecule has 0 bridgehead atoms. The van der Waals surface area contributed by atoms with E-state index in [2.05, 4.69) is 23.7 Å². The molecule has 0 spiro atoms. The number of nitrogens with zero attached hydrogens (tertiary/aromatic N) is 3. The molecule has 1 saturated heterocycles. The van der Waals surface area contributed by atoms with Gasteiger partial charge in [0.2, 0.25) is 0 Å². The van der Waals surface area contributed by atoms with Crippen LogP contribution in [0.2, 0.25) is 0 Å². The van der Waals surface area contributed by atoms with Crippen LogP contribution in [-0.2, 0) is 17.7 Å². The number of piperidine rings is 1. The average Bonchev–Trinajstić information content (AvgIpc) is 2.88. The molecule has 122 valence electrons. The molecule has 0 radical (unpaired) electrons. The Bertz CT molecular complexity index is 555. The summed E-state index contributed by atoms with van der Waals surface area (Å²) in [6.45, 7) is 6.68. The third-order valence-electron chi connectivity index (χ3n) is 4.99. The summed E-state index contributed by atoms with van der Waals surface area (Å²) < 4.78 is 7.27. The number of aromatic nitrogens is 2. The van der Waals surface area contributed by atoms with Crippen molar-refractivity contribution < 1.29 is 9.53 Å². The molecule has 2 unspecified atom stereocenters. The summed E-state index contributed by atoms with van der Waals surface area (Å²) in [4.78, 5) is 18.2. The Hall–Kier alpha value is -1.56. The molecular weight excluding hydrogens is 280 g/mol. The van der Waals surface area contributed by atoms with Gasteiger partial charge in [-0.1, -0.05) is 6.92 Å². The second-order valence-electron chi connectivity index (χ2n) is 6.30. The Morgan fingerprint density at radius 2 is 2.32 bits per heavy atom. The predicted molar refractivity (Wildman–Crippen MR) is 83.8 cm³/mol. The number of carbonyl (C=O) groups excluding carboxylic acids is 1. The van der Waals surface area contributed by atoms with Crippen molar-refractivity contribution in [1.29, 1.82) is 0 Å². The van der Waals surface area contributed by atoms with E-state index >= 15 is 0 Å².